The van der Waals surface area contributed by atoms with Gasteiger partial charge in [-0.05, 0) is 23.6 Å². The first kappa shape index (κ1) is 20.6. The van der Waals surface area contributed by atoms with Crippen LogP contribution in [0.3, 0.4) is 0 Å². The molecule has 3 rings (SSSR count). The lowest BCUT2D eigenvalue weighted by Gasteiger charge is -2.19. The lowest BCUT2D eigenvalue weighted by Crippen LogP contribution is -2.44. The van der Waals surface area contributed by atoms with E-state index in [1.54, 1.807) is 25.3 Å². The normalized spacial score (nSPS) is 14.4. The van der Waals surface area contributed by atoms with Gasteiger partial charge < -0.3 is 21.1 Å². The van der Waals surface area contributed by atoms with Gasteiger partial charge in [0.15, 0.2) is 0 Å². The molecular formula is C19H23N5O4S. The molecule has 1 unspecified atom stereocenters. The van der Waals surface area contributed by atoms with Crippen LogP contribution in [0.5, 0.6) is 0 Å². The minimum Gasteiger partial charge on any atom is -0.480 e. The van der Waals surface area contributed by atoms with Gasteiger partial charge in [-0.3, -0.25) is 14.6 Å². The molecule has 3 aromatic rings. The van der Waals surface area contributed by atoms with E-state index in [0.29, 0.717) is 22.3 Å². The fourth-order valence-corrected chi connectivity index (χ4v) is 4.16. The number of carboxylic acids is 1. The maximum absolute atomic E-state index is 12.6. The van der Waals surface area contributed by atoms with Crippen molar-refractivity contribution in [2.24, 2.45) is 5.92 Å². The first-order chi connectivity index (χ1) is 13.7. The number of hydrogen-bond donors (Lipinski definition) is 5. The van der Waals surface area contributed by atoms with Gasteiger partial charge in [-0.15, -0.1) is 11.3 Å². The highest BCUT2D eigenvalue weighted by Crippen LogP contribution is 2.33. The number of H-pyrrole nitrogens is 2. The van der Waals surface area contributed by atoms with Crippen LogP contribution in [-0.2, 0) is 4.79 Å². The topological polar surface area (TPSA) is 154 Å². The lowest BCUT2D eigenvalue weighted by molar-refractivity contribution is -0.140. The Labute approximate surface area is 170 Å². The Balaban J connectivity index is 1.85. The fraction of sp³-hybridized carbons (Fsp3) is 0.368. The second-order valence-corrected chi connectivity index (χ2v) is 8.13. The number of carbonyl (C=O) groups is 2. The molecule has 1 amide bonds. The van der Waals surface area contributed by atoms with Gasteiger partial charge >= 0.3 is 5.97 Å². The van der Waals surface area contributed by atoms with Crippen molar-refractivity contribution in [2.45, 2.75) is 39.2 Å². The highest BCUT2D eigenvalue weighted by Gasteiger charge is 2.27. The molecule has 3 heterocycles. The molecule has 3 aromatic heterocycles. The molecule has 0 fully saturated rings. The summed E-state index contributed by atoms with van der Waals surface area (Å²) in [6.07, 6.45) is 2.34. The third-order valence-electron chi connectivity index (χ3n) is 5.10. The number of anilines is 1. The number of aromatic nitrogens is 3. The Kier molecular flexibility index (Phi) is 5.73. The summed E-state index contributed by atoms with van der Waals surface area (Å²) in [5.74, 6) is -1.80. The summed E-state index contributed by atoms with van der Waals surface area (Å²) in [6.45, 7) is 5.59. The molecule has 0 spiro atoms. The van der Waals surface area contributed by atoms with E-state index < -0.39 is 17.9 Å². The SMILES string of the molecule is CC[C@H](C)[C@H](NC(=O)c1ccc(C(C)c2c[nH]c3nc(N)[nH]c(=O)c23)s1)C(=O)O. The quantitative estimate of drug-likeness (QED) is 0.397. The highest BCUT2D eigenvalue weighted by atomic mass is 32.1. The number of hydrogen-bond acceptors (Lipinski definition) is 6. The molecule has 10 heteroatoms. The van der Waals surface area contributed by atoms with Crippen molar-refractivity contribution in [1.29, 1.82) is 0 Å². The summed E-state index contributed by atoms with van der Waals surface area (Å²) in [6, 6.07) is 2.52. The molecule has 0 radical (unpaired) electrons. The number of nitrogen functional groups attached to an aromatic ring is 1. The number of carboxylic acid groups (broad SMARTS) is 1. The first-order valence-electron chi connectivity index (χ1n) is 9.23. The van der Waals surface area contributed by atoms with Crippen molar-refractivity contribution >= 4 is 40.2 Å². The van der Waals surface area contributed by atoms with Crippen LogP contribution in [0, 0.1) is 5.92 Å². The fourth-order valence-electron chi connectivity index (χ4n) is 3.18. The lowest BCUT2D eigenvalue weighted by atomic mass is 9.99. The number of nitrogens with two attached hydrogens (primary N) is 1. The van der Waals surface area contributed by atoms with E-state index in [2.05, 4.69) is 20.3 Å². The van der Waals surface area contributed by atoms with Gasteiger partial charge in [0.05, 0.1) is 10.3 Å². The van der Waals surface area contributed by atoms with Crippen LogP contribution in [-0.4, -0.2) is 38.0 Å². The van der Waals surface area contributed by atoms with Crippen molar-refractivity contribution in [2.75, 3.05) is 5.73 Å². The largest absolute Gasteiger partial charge is 0.480 e. The Hall–Kier alpha value is -3.14. The van der Waals surface area contributed by atoms with Gasteiger partial charge in [0.25, 0.3) is 11.5 Å². The number of nitrogens with one attached hydrogen (secondary N) is 3. The van der Waals surface area contributed by atoms with Crippen LogP contribution in [0.2, 0.25) is 0 Å². The molecule has 0 aliphatic carbocycles. The van der Waals surface area contributed by atoms with E-state index in [1.807, 2.05) is 13.8 Å². The second kappa shape index (κ2) is 8.08. The molecule has 3 atom stereocenters. The molecule has 29 heavy (non-hydrogen) atoms. The van der Waals surface area contributed by atoms with Crippen LogP contribution in [0.4, 0.5) is 5.95 Å². The number of aromatic amines is 2. The molecule has 0 aromatic carbocycles. The van der Waals surface area contributed by atoms with Crippen molar-refractivity contribution in [3.05, 3.63) is 44.0 Å². The predicted octanol–water partition coefficient (Wildman–Crippen LogP) is 2.28. The average molecular weight is 417 g/mol. The number of amides is 1. The predicted molar refractivity (Wildman–Crippen MR) is 111 cm³/mol. The Morgan fingerprint density at radius 1 is 1.34 bits per heavy atom. The van der Waals surface area contributed by atoms with Crippen LogP contribution < -0.4 is 16.6 Å². The molecule has 0 saturated carbocycles. The van der Waals surface area contributed by atoms with Gasteiger partial charge in [0, 0.05) is 17.0 Å². The molecule has 0 saturated heterocycles. The van der Waals surface area contributed by atoms with Gasteiger partial charge in [-0.1, -0.05) is 27.2 Å². The van der Waals surface area contributed by atoms with E-state index in [9.17, 15) is 19.5 Å². The molecule has 0 bridgehead atoms. The van der Waals surface area contributed by atoms with Gasteiger partial charge in [0.1, 0.15) is 11.7 Å². The molecule has 6 N–H and O–H groups in total. The first-order valence-corrected chi connectivity index (χ1v) is 10.0. The number of carbonyl (C=O) groups excluding carboxylic acids is 1. The molecule has 9 nitrogen and oxygen atoms in total. The Bertz CT molecular complexity index is 1120. The third-order valence-corrected chi connectivity index (χ3v) is 6.37. The Morgan fingerprint density at radius 2 is 2.07 bits per heavy atom. The monoisotopic (exact) mass is 417 g/mol. The summed E-state index contributed by atoms with van der Waals surface area (Å²) in [4.78, 5) is 47.1. The summed E-state index contributed by atoms with van der Waals surface area (Å²) in [5.41, 5.74) is 6.39. The maximum atomic E-state index is 12.6. The minimum absolute atomic E-state index is 0.0351. The average Bonchev–Trinajstić information content (AvgIpc) is 3.31. The van der Waals surface area contributed by atoms with Crippen molar-refractivity contribution < 1.29 is 14.7 Å². The molecule has 154 valence electrons. The Morgan fingerprint density at radius 3 is 2.72 bits per heavy atom. The molecular weight excluding hydrogens is 394 g/mol. The van der Waals surface area contributed by atoms with Crippen LogP contribution in [0.25, 0.3) is 11.0 Å². The van der Waals surface area contributed by atoms with Crippen LogP contribution >= 0.6 is 11.3 Å². The summed E-state index contributed by atoms with van der Waals surface area (Å²) in [7, 11) is 0. The van der Waals surface area contributed by atoms with Crippen LogP contribution in [0.15, 0.2) is 23.1 Å². The number of aliphatic carboxylic acids is 1. The zero-order valence-electron chi connectivity index (χ0n) is 16.3. The van der Waals surface area contributed by atoms with Crippen molar-refractivity contribution in [3.63, 3.8) is 0 Å². The van der Waals surface area contributed by atoms with Gasteiger partial charge in [-0.25, -0.2) is 4.79 Å². The minimum atomic E-state index is -1.05. The van der Waals surface area contributed by atoms with E-state index in [-0.39, 0.29) is 23.3 Å². The standard InChI is InChI=1S/C19H23N5O4S/c1-4-8(2)14(18(27)28)22-16(25)12-6-5-11(29-12)9(3)10-7-21-15-13(10)17(26)24-19(20)23-15/h5-9,14H,4H2,1-3H3,(H,22,25)(H,27,28)(H4,20,21,23,24,26)/t8-,9?,14-/m0/s1. The van der Waals surface area contributed by atoms with E-state index >= 15 is 0 Å². The molecule has 0 aliphatic rings. The highest BCUT2D eigenvalue weighted by molar-refractivity contribution is 7.14. The maximum Gasteiger partial charge on any atom is 0.326 e. The van der Waals surface area contributed by atoms with Crippen molar-refractivity contribution in [3.8, 4) is 0 Å². The zero-order valence-corrected chi connectivity index (χ0v) is 17.1. The number of nitrogens with zero attached hydrogens (tertiary/aromatic N) is 1. The summed E-state index contributed by atoms with van der Waals surface area (Å²) >= 11 is 1.26. The smallest absolute Gasteiger partial charge is 0.326 e. The number of fused-ring (bicyclic) bond motifs is 1. The second-order valence-electron chi connectivity index (χ2n) is 7.02. The summed E-state index contributed by atoms with van der Waals surface area (Å²) < 4.78 is 0. The summed E-state index contributed by atoms with van der Waals surface area (Å²) in [5, 5.41) is 12.4. The van der Waals surface area contributed by atoms with Gasteiger partial charge in [-0.2, -0.15) is 4.98 Å². The van der Waals surface area contributed by atoms with E-state index in [4.69, 9.17) is 5.73 Å². The zero-order chi connectivity index (χ0) is 21.3. The van der Waals surface area contributed by atoms with Crippen molar-refractivity contribution in [1.82, 2.24) is 20.3 Å². The van der Waals surface area contributed by atoms with E-state index in [0.717, 1.165) is 10.4 Å². The number of thiophene rings is 1. The molecule has 0 aliphatic heterocycles. The van der Waals surface area contributed by atoms with Gasteiger partial charge in [0.2, 0.25) is 5.95 Å². The van der Waals surface area contributed by atoms with E-state index in [1.165, 1.54) is 11.3 Å². The van der Waals surface area contributed by atoms with Crippen LogP contribution in [0.1, 0.15) is 53.2 Å². The third kappa shape index (κ3) is 4.02. The number of rotatable bonds is 7.